The third-order valence-corrected chi connectivity index (χ3v) is 10.0. The number of nitrogens with one attached hydrogen (secondary N) is 2. The minimum atomic E-state index is -1.01. The molecule has 2 aromatic rings. The summed E-state index contributed by atoms with van der Waals surface area (Å²) in [6.07, 6.45) is 6.57. The molecule has 0 saturated carbocycles. The molecule has 0 aliphatic carbocycles. The maximum absolute atomic E-state index is 13.9. The predicted molar refractivity (Wildman–Crippen MR) is 207 cm³/mol. The maximum Gasteiger partial charge on any atom is 0.256 e. The van der Waals surface area contributed by atoms with Gasteiger partial charge in [-0.15, -0.1) is 0 Å². The molecule has 3 atom stereocenters. The number of alkyl halides is 2. The van der Waals surface area contributed by atoms with Gasteiger partial charge < -0.3 is 39.6 Å². The van der Waals surface area contributed by atoms with E-state index in [1.165, 1.54) is 23.8 Å². The molecule has 2 aromatic carbocycles. The number of hydrogen-bond acceptors (Lipinski definition) is 10. The van der Waals surface area contributed by atoms with Gasteiger partial charge >= 0.3 is 0 Å². The molecule has 0 bridgehead atoms. The van der Waals surface area contributed by atoms with Gasteiger partial charge in [0.25, 0.3) is 5.91 Å². The highest BCUT2D eigenvalue weighted by molar-refractivity contribution is 8.03. The lowest BCUT2D eigenvalue weighted by atomic mass is 9.41. The molecule has 286 valence electrons. The maximum atomic E-state index is 13.9. The van der Waals surface area contributed by atoms with Crippen molar-refractivity contribution >= 4 is 35.8 Å². The first kappa shape index (κ1) is 41.2. The van der Waals surface area contributed by atoms with E-state index in [0.717, 1.165) is 49.5 Å². The summed E-state index contributed by atoms with van der Waals surface area (Å²) in [5.41, 5.74) is 2.76. The summed E-state index contributed by atoms with van der Waals surface area (Å²) in [6, 6.07) is 10.1. The zero-order chi connectivity index (χ0) is 37.5. The number of methoxy groups -OCH3 is 2. The van der Waals surface area contributed by atoms with Crippen LogP contribution >= 0.6 is 11.8 Å². The number of ether oxygens (including phenoxy) is 4. The molecule has 2 aliphatic heterocycles. The van der Waals surface area contributed by atoms with E-state index in [4.69, 9.17) is 18.9 Å². The molecule has 2 aliphatic rings. The van der Waals surface area contributed by atoms with Crippen LogP contribution in [-0.2, 0) is 0 Å². The monoisotopic (exact) mass is 744 g/mol. The second kappa shape index (κ2) is 21.2. The number of amides is 1. The molecule has 52 heavy (non-hydrogen) atoms. The Morgan fingerprint density at radius 3 is 2.25 bits per heavy atom. The van der Waals surface area contributed by atoms with Crippen LogP contribution < -0.4 is 29.6 Å². The number of carbonyl (C=O) groups is 1. The van der Waals surface area contributed by atoms with E-state index in [9.17, 15) is 18.7 Å². The van der Waals surface area contributed by atoms with Crippen molar-refractivity contribution in [2.75, 3.05) is 77.2 Å². The highest BCUT2D eigenvalue weighted by atomic mass is 32.2. The lowest BCUT2D eigenvalue weighted by Crippen LogP contribution is -2.35. The Morgan fingerprint density at radius 2 is 1.65 bits per heavy atom. The van der Waals surface area contributed by atoms with Crippen molar-refractivity contribution < 1.29 is 37.6 Å². The molecule has 0 aromatic heterocycles. The highest BCUT2D eigenvalue weighted by Crippen LogP contribution is 2.36. The lowest BCUT2D eigenvalue weighted by molar-refractivity contribution is 0.0783. The molecular weight excluding hydrogens is 689 g/mol. The summed E-state index contributed by atoms with van der Waals surface area (Å²) in [6.45, 7) is 6.80. The number of halogens is 2. The summed E-state index contributed by atoms with van der Waals surface area (Å²) < 4.78 is 51.5. The van der Waals surface area contributed by atoms with Crippen molar-refractivity contribution in [2.24, 2.45) is 0 Å². The lowest BCUT2D eigenvalue weighted by Gasteiger charge is -2.23. The van der Waals surface area contributed by atoms with E-state index in [-0.39, 0.29) is 31.8 Å². The molecule has 0 radical (unpaired) electrons. The summed E-state index contributed by atoms with van der Waals surface area (Å²) in [7, 11) is 3.17. The Labute approximate surface area is 312 Å². The molecule has 2 heterocycles. The van der Waals surface area contributed by atoms with Crippen molar-refractivity contribution in [3.05, 3.63) is 35.4 Å². The SMILES string of the molecule is CCCB(CCCOc1cc(NC[C@@H]2CC(F)CN2CO)c(C)cc1OC)CCCOc1cc(NC#CSC)c(C(=O)N2CCC(F)C2)cc1OC. The summed E-state index contributed by atoms with van der Waals surface area (Å²) in [4.78, 5) is 16.6. The van der Waals surface area contributed by atoms with Gasteiger partial charge in [-0.3, -0.25) is 9.69 Å². The third kappa shape index (κ3) is 11.7. The number of carbonyl (C=O) groups excluding carboxylic acids is 1. The zero-order valence-electron chi connectivity index (χ0n) is 31.3. The normalized spacial score (nSPS) is 18.5. The quantitative estimate of drug-likeness (QED) is 0.0580. The smallest absolute Gasteiger partial charge is 0.256 e. The van der Waals surface area contributed by atoms with Crippen LogP contribution in [0.5, 0.6) is 23.0 Å². The summed E-state index contributed by atoms with van der Waals surface area (Å²) in [5, 5.41) is 18.9. The van der Waals surface area contributed by atoms with Gasteiger partial charge in [-0.2, -0.15) is 0 Å². The van der Waals surface area contributed by atoms with E-state index in [2.05, 4.69) is 28.9 Å². The molecule has 1 amide bonds. The number of likely N-dealkylation sites (tertiary alicyclic amines) is 2. The van der Waals surface area contributed by atoms with Crippen LogP contribution in [-0.4, -0.2) is 113 Å². The fourth-order valence-corrected chi connectivity index (χ4v) is 7.09. The Hall–Kier alpha value is -3.54. The Morgan fingerprint density at radius 1 is 0.981 bits per heavy atom. The molecule has 4 rings (SSSR count). The number of anilines is 2. The van der Waals surface area contributed by atoms with Crippen LogP contribution in [0.3, 0.4) is 0 Å². The van der Waals surface area contributed by atoms with E-state index < -0.39 is 12.3 Å². The fourth-order valence-electron chi connectivity index (χ4n) is 6.94. The number of aliphatic hydroxyl groups is 1. The third-order valence-electron chi connectivity index (χ3n) is 9.73. The second-order valence-electron chi connectivity index (χ2n) is 13.5. The van der Waals surface area contributed by atoms with Gasteiger partial charge in [-0.1, -0.05) is 44.1 Å². The number of aliphatic hydroxyl groups excluding tert-OH is 1. The van der Waals surface area contributed by atoms with Gasteiger partial charge in [0.2, 0.25) is 0 Å². The molecule has 2 saturated heterocycles. The highest BCUT2D eigenvalue weighted by Gasteiger charge is 2.32. The second-order valence-corrected chi connectivity index (χ2v) is 14.1. The van der Waals surface area contributed by atoms with Crippen molar-refractivity contribution in [2.45, 2.75) is 83.3 Å². The van der Waals surface area contributed by atoms with E-state index >= 15 is 0 Å². The fraction of sp³-hybridized carbons (Fsp3) is 0.605. The molecular formula is C38H55BF2N4O6S. The topological polar surface area (TPSA) is 105 Å². The molecule has 3 N–H and O–H groups in total. The first-order chi connectivity index (χ1) is 25.2. The number of thioether (sulfide) groups is 1. The minimum Gasteiger partial charge on any atom is -0.493 e. The summed E-state index contributed by atoms with van der Waals surface area (Å²) >= 11 is 1.35. The van der Waals surface area contributed by atoms with Crippen molar-refractivity contribution in [1.29, 1.82) is 0 Å². The summed E-state index contributed by atoms with van der Waals surface area (Å²) in [5.74, 6) is 2.01. The number of hydrogen-bond donors (Lipinski definition) is 3. The molecule has 10 nitrogen and oxygen atoms in total. The van der Waals surface area contributed by atoms with Crippen molar-refractivity contribution in [3.63, 3.8) is 0 Å². The van der Waals surface area contributed by atoms with Gasteiger partial charge in [0.15, 0.2) is 23.0 Å². The number of nitrogens with zero attached hydrogens (tertiary/aromatic N) is 2. The first-order valence-electron chi connectivity index (χ1n) is 18.3. The Balaban J connectivity index is 1.29. The standard InChI is InChI=1S/C38H55BF2N4O6S/c1-6-10-39(11-7-15-50-36-21-32(27(2)18-34(36)48-3)43-23-30-19-29(41)25-45(30)26-46)12-8-16-51-37-22-33(42-13-17-52-5)31(20-35(37)49-4)38(47)44-14-9-28(40)24-44/h18,20-22,28-30,42-43,46H,6-12,14-16,19,23-26H2,1-5H3/t28?,29?,30-/m0/s1. The van der Waals surface area contributed by atoms with E-state index in [1.54, 1.807) is 24.1 Å². The zero-order valence-corrected chi connectivity index (χ0v) is 32.1. The molecule has 14 heteroatoms. The first-order valence-corrected chi connectivity index (χ1v) is 19.5. The average Bonchev–Trinajstić information content (AvgIpc) is 3.75. The average molecular weight is 745 g/mol. The molecule has 0 spiro atoms. The number of benzene rings is 2. The van der Waals surface area contributed by atoms with E-state index in [0.29, 0.717) is 80.1 Å². The van der Waals surface area contributed by atoms with Gasteiger partial charge in [-0.05, 0) is 61.8 Å². The van der Waals surface area contributed by atoms with Gasteiger partial charge in [-0.25, -0.2) is 8.78 Å². The molecule has 2 fully saturated rings. The van der Waals surface area contributed by atoms with E-state index in [1.807, 2.05) is 25.3 Å². The van der Waals surface area contributed by atoms with Crippen LogP contribution in [0, 0.1) is 18.2 Å². The van der Waals surface area contributed by atoms with Gasteiger partial charge in [0, 0.05) is 49.5 Å². The number of aryl methyl sites for hydroxylation is 1. The number of rotatable bonds is 20. The Kier molecular flexibility index (Phi) is 16.8. The Bertz CT molecular complexity index is 1510. The van der Waals surface area contributed by atoms with Crippen LogP contribution in [0.1, 0.15) is 54.9 Å². The predicted octanol–water partition coefficient (Wildman–Crippen LogP) is 6.81. The molecule has 2 unspecified atom stereocenters. The van der Waals surface area contributed by atoms with Crippen molar-refractivity contribution in [1.82, 2.24) is 9.80 Å². The van der Waals surface area contributed by atoms with Crippen LogP contribution in [0.15, 0.2) is 24.3 Å². The van der Waals surface area contributed by atoms with Crippen LogP contribution in [0.2, 0.25) is 19.0 Å². The van der Waals surface area contributed by atoms with Crippen molar-refractivity contribution in [3.8, 4) is 34.3 Å². The van der Waals surface area contributed by atoms with Gasteiger partial charge in [0.1, 0.15) is 19.1 Å². The van der Waals surface area contributed by atoms with Gasteiger partial charge in [0.05, 0.1) is 52.0 Å². The minimum absolute atomic E-state index is 0.0726. The van der Waals surface area contributed by atoms with Crippen LogP contribution in [0.4, 0.5) is 20.2 Å². The largest absolute Gasteiger partial charge is 0.493 e. The van der Waals surface area contributed by atoms with Crippen LogP contribution in [0.25, 0.3) is 0 Å².